The van der Waals surface area contributed by atoms with Crippen LogP contribution in [0.3, 0.4) is 0 Å². The summed E-state index contributed by atoms with van der Waals surface area (Å²) in [6.07, 6.45) is -3.01. The lowest BCUT2D eigenvalue weighted by molar-refractivity contribution is -0.149. The molecule has 1 aliphatic heterocycles. The van der Waals surface area contributed by atoms with E-state index in [1.54, 1.807) is 32.0 Å². The maximum Gasteiger partial charge on any atom is 0.459 e. The maximum atomic E-state index is 15.5. The van der Waals surface area contributed by atoms with Gasteiger partial charge in [0.25, 0.3) is 5.13 Å². The number of halogens is 2. The summed E-state index contributed by atoms with van der Waals surface area (Å²) >= 11 is 6.07. The van der Waals surface area contributed by atoms with Gasteiger partial charge in [-0.25, -0.2) is 23.9 Å². The minimum Gasteiger partial charge on any atom is -0.462 e. The van der Waals surface area contributed by atoms with Gasteiger partial charge in [0, 0.05) is 0 Å². The van der Waals surface area contributed by atoms with Crippen LogP contribution >= 0.6 is 19.3 Å². The van der Waals surface area contributed by atoms with Gasteiger partial charge in [0.15, 0.2) is 17.7 Å². The molecule has 38 heavy (non-hydrogen) atoms. The van der Waals surface area contributed by atoms with Crippen molar-refractivity contribution in [1.29, 1.82) is 0 Å². The number of nitrogens with zero attached hydrogens (tertiary/aromatic N) is 4. The molecule has 0 saturated carbocycles. The lowest BCUT2D eigenvalue weighted by atomic mass is 10.1. The third-order valence-corrected chi connectivity index (χ3v) is 7.51. The lowest BCUT2D eigenvalue weighted by Gasteiger charge is -2.25. The summed E-state index contributed by atoms with van der Waals surface area (Å²) in [6, 6.07) is 6.94. The monoisotopic (exact) mass is 572 g/mol. The van der Waals surface area contributed by atoms with Crippen LogP contribution in [0.5, 0.6) is 5.75 Å². The van der Waals surface area contributed by atoms with Crippen molar-refractivity contribution < 1.29 is 37.4 Å². The van der Waals surface area contributed by atoms with Gasteiger partial charge in [0.2, 0.25) is 0 Å². The molecule has 6 atom stereocenters. The summed E-state index contributed by atoms with van der Waals surface area (Å²) in [7, 11) is -4.30. The summed E-state index contributed by atoms with van der Waals surface area (Å²) in [4.78, 5) is 24.2. The number of carbonyl (C=O) groups excluding carboxylic acids is 1. The van der Waals surface area contributed by atoms with Crippen molar-refractivity contribution in [3.05, 3.63) is 43.0 Å². The van der Waals surface area contributed by atoms with Crippen LogP contribution < -0.4 is 15.3 Å². The number of aliphatic hydroxyl groups is 1. The molecule has 1 saturated heterocycles. The zero-order valence-electron chi connectivity index (χ0n) is 20.6. The van der Waals surface area contributed by atoms with Gasteiger partial charge < -0.3 is 24.8 Å². The number of aliphatic hydroxyl groups excluding tert-OH is 1. The first-order chi connectivity index (χ1) is 17.9. The Morgan fingerprint density at radius 2 is 2.03 bits per heavy atom. The molecular weight excluding hydrogens is 546 g/mol. The molecule has 2 unspecified atom stereocenters. The quantitative estimate of drug-likeness (QED) is 0.184. The highest BCUT2D eigenvalue weighted by Gasteiger charge is 2.58. The number of hydrogen-bond donors (Lipinski definition) is 3. The van der Waals surface area contributed by atoms with Crippen LogP contribution in [0.2, 0.25) is 0 Å². The number of nitrogens with one attached hydrogen (secondary N) is 1. The van der Waals surface area contributed by atoms with E-state index in [1.807, 2.05) is 0 Å². The van der Waals surface area contributed by atoms with Crippen molar-refractivity contribution in [2.24, 2.45) is 0 Å². The van der Waals surface area contributed by atoms with E-state index in [0.29, 0.717) is 0 Å². The molecule has 1 aromatic carbocycles. The number of rotatable bonds is 10. The van der Waals surface area contributed by atoms with Crippen LogP contribution in [-0.4, -0.2) is 66.7 Å². The molecule has 13 nitrogen and oxygen atoms in total. The largest absolute Gasteiger partial charge is 0.462 e. The van der Waals surface area contributed by atoms with Gasteiger partial charge in [-0.1, -0.05) is 29.8 Å². The van der Waals surface area contributed by atoms with Gasteiger partial charge in [0.1, 0.15) is 35.8 Å². The Balaban J connectivity index is 1.54. The fourth-order valence-corrected chi connectivity index (χ4v) is 5.45. The number of imidazole rings is 1. The van der Waals surface area contributed by atoms with E-state index in [1.165, 1.54) is 25.4 Å². The number of esters is 1. The van der Waals surface area contributed by atoms with E-state index >= 15 is 4.39 Å². The summed E-state index contributed by atoms with van der Waals surface area (Å²) in [5.74, 6) is -0.478. The number of ether oxygens (including phenoxy) is 2. The number of nitrogens with two attached hydrogens (primary N) is 1. The van der Waals surface area contributed by atoms with Crippen molar-refractivity contribution >= 4 is 42.3 Å². The molecular formula is C22H27ClFN6O7P. The molecule has 1 aliphatic rings. The molecule has 3 heterocycles. The van der Waals surface area contributed by atoms with Crippen LogP contribution in [0.25, 0.3) is 11.2 Å². The van der Waals surface area contributed by atoms with Gasteiger partial charge >= 0.3 is 13.7 Å². The molecule has 0 spiro atoms. The second kappa shape index (κ2) is 11.1. The third-order valence-electron chi connectivity index (χ3n) is 5.45. The summed E-state index contributed by atoms with van der Waals surface area (Å²) in [5.41, 5.74) is 6.09. The number of alkyl halides is 2. The van der Waals surface area contributed by atoms with Crippen LogP contribution in [0.1, 0.15) is 27.0 Å². The molecule has 1 fully saturated rings. The second-order valence-electron chi connectivity index (χ2n) is 8.76. The predicted molar refractivity (Wildman–Crippen MR) is 134 cm³/mol. The number of aromatic nitrogens is 4. The maximum absolute atomic E-state index is 15.5. The molecule has 3 aromatic rings. The summed E-state index contributed by atoms with van der Waals surface area (Å²) in [5, 5.41) is 10.3. The number of carbonyl (C=O) groups is 1. The Hall–Kier alpha value is -2.87. The molecule has 4 N–H and O–H groups in total. The molecule has 0 bridgehead atoms. The SMILES string of the molecule is CC(C)OC(=O)C(C)NP(=O)(OC[C@H]1O[C@@H](n2cnc3c(N)ncnc32)[C@](F)(Cl)[C@@H]1O)Oc1ccccc1. The first-order valence-electron chi connectivity index (χ1n) is 11.5. The van der Waals surface area contributed by atoms with E-state index < -0.39 is 56.0 Å². The van der Waals surface area contributed by atoms with Gasteiger partial charge in [-0.05, 0) is 32.9 Å². The predicted octanol–water partition coefficient (Wildman–Crippen LogP) is 2.70. The molecule has 206 valence electrons. The Kier molecular flexibility index (Phi) is 8.21. The lowest BCUT2D eigenvalue weighted by Crippen LogP contribution is -2.40. The number of anilines is 1. The molecule has 0 aliphatic carbocycles. The third kappa shape index (κ3) is 5.90. The first kappa shape index (κ1) is 28.1. The topological polar surface area (TPSA) is 173 Å². The Labute approximate surface area is 222 Å². The zero-order valence-corrected chi connectivity index (χ0v) is 22.3. The van der Waals surface area contributed by atoms with Crippen molar-refractivity contribution in [1.82, 2.24) is 24.6 Å². The Bertz CT molecular complexity index is 1330. The van der Waals surface area contributed by atoms with E-state index in [-0.39, 0.29) is 22.7 Å². The van der Waals surface area contributed by atoms with Crippen molar-refractivity contribution in [2.75, 3.05) is 12.3 Å². The summed E-state index contributed by atoms with van der Waals surface area (Å²) in [6.45, 7) is 4.10. The van der Waals surface area contributed by atoms with E-state index in [4.69, 9.17) is 35.9 Å². The normalized spacial score (nSPS) is 25.8. The highest BCUT2D eigenvalue weighted by molar-refractivity contribution is 7.52. The fraction of sp³-hybridized carbons (Fsp3) is 0.455. The van der Waals surface area contributed by atoms with Gasteiger partial charge in [0.05, 0.1) is 19.0 Å². The van der Waals surface area contributed by atoms with Crippen LogP contribution in [0.15, 0.2) is 43.0 Å². The highest BCUT2D eigenvalue weighted by Crippen LogP contribution is 2.49. The minimum absolute atomic E-state index is 0.0568. The molecule has 2 aromatic heterocycles. The van der Waals surface area contributed by atoms with Crippen molar-refractivity contribution in [2.45, 2.75) is 56.5 Å². The smallest absolute Gasteiger partial charge is 0.459 e. The fourth-order valence-electron chi connectivity index (χ4n) is 3.65. The average Bonchev–Trinajstić information content (AvgIpc) is 3.37. The highest BCUT2D eigenvalue weighted by atomic mass is 35.5. The molecule has 0 amide bonds. The standard InChI is InChI=1S/C22H27ClFN6O7P/c1-12(2)35-20(32)13(3)29-38(33,37-14-7-5-4-6-8-14)34-9-15-17(31)22(23,24)21(36-15)30-11-28-16-18(25)26-10-27-19(16)30/h4-8,10-13,15,17,21,31H,9H2,1-3H3,(H,29,33)(H2,25,26,27)/t13?,15-,17-,21-,22+,38?/m1/s1. The van der Waals surface area contributed by atoms with Crippen LogP contribution in [0, 0.1) is 0 Å². The number of nitrogen functional groups attached to an aromatic ring is 1. The zero-order chi connectivity index (χ0) is 27.7. The molecule has 0 radical (unpaired) electrons. The molecule has 16 heteroatoms. The minimum atomic E-state index is -4.30. The van der Waals surface area contributed by atoms with E-state index in [9.17, 15) is 14.5 Å². The first-order valence-corrected chi connectivity index (χ1v) is 13.4. The van der Waals surface area contributed by atoms with Gasteiger partial charge in [-0.15, -0.1) is 0 Å². The van der Waals surface area contributed by atoms with Crippen molar-refractivity contribution in [3.8, 4) is 5.75 Å². The van der Waals surface area contributed by atoms with Crippen LogP contribution in [0.4, 0.5) is 10.2 Å². The average molecular weight is 573 g/mol. The Morgan fingerprint density at radius 3 is 2.71 bits per heavy atom. The van der Waals surface area contributed by atoms with E-state index in [2.05, 4.69) is 20.0 Å². The molecule has 4 rings (SSSR count). The summed E-state index contributed by atoms with van der Waals surface area (Å²) < 4.78 is 52.2. The number of para-hydroxylation sites is 1. The van der Waals surface area contributed by atoms with Gasteiger partial charge in [-0.3, -0.25) is 13.9 Å². The number of fused-ring (bicyclic) bond motifs is 1. The number of benzene rings is 1. The van der Waals surface area contributed by atoms with Crippen molar-refractivity contribution in [3.63, 3.8) is 0 Å². The van der Waals surface area contributed by atoms with E-state index in [0.717, 1.165) is 10.9 Å². The second-order valence-corrected chi connectivity index (χ2v) is 11.0. The number of hydrogen-bond acceptors (Lipinski definition) is 11. The Morgan fingerprint density at radius 1 is 1.32 bits per heavy atom. The van der Waals surface area contributed by atoms with Gasteiger partial charge in [-0.2, -0.15) is 5.09 Å². The van der Waals surface area contributed by atoms with Crippen LogP contribution in [-0.2, 0) is 23.4 Å².